The lowest BCUT2D eigenvalue weighted by molar-refractivity contribution is -0.137. The van der Waals surface area contributed by atoms with E-state index in [0.29, 0.717) is 11.5 Å². The van der Waals surface area contributed by atoms with Crippen LogP contribution in [0.2, 0.25) is 0 Å². The van der Waals surface area contributed by atoms with Crippen molar-refractivity contribution in [3.05, 3.63) is 81.2 Å². The second kappa shape index (κ2) is 7.02. The summed E-state index contributed by atoms with van der Waals surface area (Å²) in [6, 6.07) is 18.5. The van der Waals surface area contributed by atoms with Crippen LogP contribution in [0.15, 0.2) is 80.5 Å². The molecule has 4 rings (SSSR count). The Balaban J connectivity index is 1.70. The van der Waals surface area contributed by atoms with Crippen LogP contribution in [0.1, 0.15) is 12.5 Å². The number of fused-ring (bicyclic) bond motifs is 3. The summed E-state index contributed by atoms with van der Waals surface area (Å²) < 4.78 is 5.28. The molecule has 0 fully saturated rings. The third-order valence-corrected chi connectivity index (χ3v) is 6.30. The quantitative estimate of drug-likeness (QED) is 0.696. The van der Waals surface area contributed by atoms with Gasteiger partial charge in [-0.1, -0.05) is 66.0 Å². The van der Waals surface area contributed by atoms with E-state index in [2.05, 4.69) is 41.4 Å². The number of hydrogen-bond donors (Lipinski definition) is 0. The van der Waals surface area contributed by atoms with E-state index in [1.165, 1.54) is 22.2 Å². The van der Waals surface area contributed by atoms with Crippen LogP contribution in [-0.2, 0) is 16.0 Å². The van der Waals surface area contributed by atoms with E-state index in [4.69, 9.17) is 4.74 Å². The highest BCUT2D eigenvalue weighted by Gasteiger charge is 2.34. The molecule has 3 nitrogen and oxygen atoms in total. The Morgan fingerprint density at radius 3 is 2.60 bits per heavy atom. The van der Waals surface area contributed by atoms with Crippen molar-refractivity contribution in [1.82, 2.24) is 0 Å². The number of benzene rings is 2. The molecule has 2 aliphatic heterocycles. The summed E-state index contributed by atoms with van der Waals surface area (Å²) in [5, 5.41) is 0.952. The second-order valence-electron chi connectivity index (χ2n) is 5.65. The van der Waals surface area contributed by atoms with Crippen LogP contribution in [0.4, 0.5) is 5.69 Å². The number of hydrogen-bond acceptors (Lipinski definition) is 5. The molecule has 0 atom stereocenters. The van der Waals surface area contributed by atoms with Gasteiger partial charge in [0.15, 0.2) is 0 Å². The topological polar surface area (TPSA) is 29.5 Å². The average molecular weight is 367 g/mol. The molecule has 0 bridgehead atoms. The van der Waals surface area contributed by atoms with Gasteiger partial charge in [0, 0.05) is 22.4 Å². The number of rotatable bonds is 4. The normalized spacial score (nSPS) is 15.6. The number of para-hydroxylation sites is 1. The molecular weight excluding hydrogens is 350 g/mol. The Morgan fingerprint density at radius 2 is 1.80 bits per heavy atom. The monoisotopic (exact) mass is 367 g/mol. The standard InChI is InChI=1S/C20H17NO2S2/c1-2-23-20(22)18-19-21(16-10-6-7-11-17(16)25-18)13-15(24-19)12-14-8-4-3-5-9-14/h3-11,13H,2,12H2,1H3. The number of carbonyl (C=O) groups is 1. The van der Waals surface area contributed by atoms with Crippen molar-refractivity contribution < 1.29 is 9.53 Å². The van der Waals surface area contributed by atoms with E-state index in [0.717, 1.165) is 22.0 Å². The molecule has 0 amide bonds. The number of carbonyl (C=O) groups excluding carboxylic acids is 1. The first-order chi connectivity index (χ1) is 12.3. The van der Waals surface area contributed by atoms with E-state index in [-0.39, 0.29) is 5.97 Å². The molecule has 0 N–H and O–H groups in total. The highest BCUT2D eigenvalue weighted by Crippen LogP contribution is 2.52. The summed E-state index contributed by atoms with van der Waals surface area (Å²) in [5.74, 6) is -0.246. The molecule has 0 aliphatic carbocycles. The van der Waals surface area contributed by atoms with Crippen molar-refractivity contribution in [2.24, 2.45) is 0 Å². The van der Waals surface area contributed by atoms with Gasteiger partial charge in [0.05, 0.1) is 12.3 Å². The Labute approximate surface area is 155 Å². The lowest BCUT2D eigenvalue weighted by Crippen LogP contribution is -2.19. The van der Waals surface area contributed by atoms with E-state index >= 15 is 0 Å². The zero-order chi connectivity index (χ0) is 17.2. The van der Waals surface area contributed by atoms with Crippen molar-refractivity contribution in [2.45, 2.75) is 18.2 Å². The maximum Gasteiger partial charge on any atom is 0.347 e. The summed E-state index contributed by atoms with van der Waals surface area (Å²) in [6.45, 7) is 2.22. The predicted molar refractivity (Wildman–Crippen MR) is 104 cm³/mol. The molecular formula is C20H17NO2S2. The Morgan fingerprint density at radius 1 is 1.04 bits per heavy atom. The maximum absolute atomic E-state index is 12.5. The fourth-order valence-electron chi connectivity index (χ4n) is 2.84. The predicted octanol–water partition coefficient (Wildman–Crippen LogP) is 5.16. The van der Waals surface area contributed by atoms with Crippen LogP contribution in [0, 0.1) is 0 Å². The van der Waals surface area contributed by atoms with Gasteiger partial charge < -0.3 is 9.64 Å². The van der Waals surface area contributed by atoms with Gasteiger partial charge in [0.25, 0.3) is 0 Å². The van der Waals surface area contributed by atoms with E-state index in [9.17, 15) is 4.79 Å². The third kappa shape index (κ3) is 3.22. The number of allylic oxidation sites excluding steroid dienone is 1. The van der Waals surface area contributed by atoms with Gasteiger partial charge in [-0.25, -0.2) is 4.79 Å². The molecule has 2 aromatic rings. The molecule has 0 unspecified atom stereocenters. The minimum absolute atomic E-state index is 0.246. The fraction of sp³-hybridized carbons (Fsp3) is 0.150. The van der Waals surface area contributed by atoms with Crippen molar-refractivity contribution in [2.75, 3.05) is 11.5 Å². The van der Waals surface area contributed by atoms with Crippen molar-refractivity contribution in [3.63, 3.8) is 0 Å². The van der Waals surface area contributed by atoms with Crippen LogP contribution in [0.3, 0.4) is 0 Å². The molecule has 2 aliphatic rings. The molecule has 25 heavy (non-hydrogen) atoms. The third-order valence-electron chi connectivity index (χ3n) is 3.93. The van der Waals surface area contributed by atoms with Gasteiger partial charge in [0.2, 0.25) is 0 Å². The van der Waals surface area contributed by atoms with Crippen LogP contribution in [0.5, 0.6) is 0 Å². The minimum Gasteiger partial charge on any atom is -0.462 e. The van der Waals surface area contributed by atoms with Crippen molar-refractivity contribution >= 4 is 35.2 Å². The van der Waals surface area contributed by atoms with Crippen LogP contribution in [0.25, 0.3) is 0 Å². The number of ether oxygens (including phenoxy) is 1. The number of nitrogens with zero attached hydrogens (tertiary/aromatic N) is 1. The highest BCUT2D eigenvalue weighted by atomic mass is 32.2. The zero-order valence-corrected chi connectivity index (χ0v) is 15.4. The molecule has 2 heterocycles. The Bertz CT molecular complexity index is 874. The lowest BCUT2D eigenvalue weighted by Gasteiger charge is -2.27. The molecule has 0 saturated carbocycles. The maximum atomic E-state index is 12.5. The Kier molecular flexibility index (Phi) is 4.59. The minimum atomic E-state index is -0.246. The van der Waals surface area contributed by atoms with Gasteiger partial charge in [-0.2, -0.15) is 0 Å². The van der Waals surface area contributed by atoms with E-state index < -0.39 is 0 Å². The first-order valence-corrected chi connectivity index (χ1v) is 9.79. The summed E-state index contributed by atoms with van der Waals surface area (Å²) in [5.41, 5.74) is 2.38. The fourth-order valence-corrected chi connectivity index (χ4v) is 5.12. The molecule has 0 aromatic heterocycles. The summed E-state index contributed by atoms with van der Waals surface area (Å²) >= 11 is 3.16. The SMILES string of the molecule is CCOC(=O)C1=C2SC(Cc3ccccc3)=CN2c2ccccc2S1. The van der Waals surface area contributed by atoms with E-state index in [1.54, 1.807) is 11.8 Å². The molecule has 5 heteroatoms. The number of esters is 1. The lowest BCUT2D eigenvalue weighted by atomic mass is 10.1. The Hall–Kier alpha value is -2.11. The van der Waals surface area contributed by atoms with Crippen molar-refractivity contribution in [1.29, 1.82) is 0 Å². The molecule has 2 aromatic carbocycles. The van der Waals surface area contributed by atoms with Crippen LogP contribution < -0.4 is 4.90 Å². The van der Waals surface area contributed by atoms with Crippen LogP contribution in [-0.4, -0.2) is 12.6 Å². The van der Waals surface area contributed by atoms with Gasteiger partial charge in [-0.15, -0.1) is 0 Å². The molecule has 0 radical (unpaired) electrons. The molecule has 126 valence electrons. The van der Waals surface area contributed by atoms with E-state index in [1.807, 2.05) is 31.2 Å². The zero-order valence-electron chi connectivity index (χ0n) is 13.8. The van der Waals surface area contributed by atoms with Gasteiger partial charge >= 0.3 is 5.97 Å². The molecule has 0 spiro atoms. The van der Waals surface area contributed by atoms with Crippen LogP contribution >= 0.6 is 23.5 Å². The number of thioether (sulfide) groups is 2. The van der Waals surface area contributed by atoms with Gasteiger partial charge in [0.1, 0.15) is 9.93 Å². The smallest absolute Gasteiger partial charge is 0.347 e. The molecule has 0 saturated heterocycles. The first-order valence-electron chi connectivity index (χ1n) is 8.16. The van der Waals surface area contributed by atoms with Gasteiger partial charge in [-0.3, -0.25) is 0 Å². The summed E-state index contributed by atoms with van der Waals surface area (Å²) in [7, 11) is 0. The van der Waals surface area contributed by atoms with Gasteiger partial charge in [-0.05, 0) is 24.6 Å². The summed E-state index contributed by atoms with van der Waals surface area (Å²) in [6.07, 6.45) is 3.00. The second-order valence-corrected chi connectivity index (χ2v) is 7.82. The highest BCUT2D eigenvalue weighted by molar-refractivity contribution is 8.10. The average Bonchev–Trinajstić information content (AvgIpc) is 3.06. The largest absolute Gasteiger partial charge is 0.462 e. The summed E-state index contributed by atoms with van der Waals surface area (Å²) in [4.78, 5) is 17.5. The first kappa shape index (κ1) is 16.4. The van der Waals surface area contributed by atoms with Crippen molar-refractivity contribution in [3.8, 4) is 0 Å². The number of anilines is 1.